The Labute approximate surface area is 246 Å². The van der Waals surface area contributed by atoms with E-state index in [1.54, 1.807) is 13.4 Å². The van der Waals surface area contributed by atoms with Crippen LogP contribution in [0, 0.1) is 6.92 Å². The van der Waals surface area contributed by atoms with Gasteiger partial charge in [0.15, 0.2) is 9.76 Å². The van der Waals surface area contributed by atoms with Crippen molar-refractivity contribution < 1.29 is 27.1 Å². The van der Waals surface area contributed by atoms with Crippen LogP contribution >= 0.6 is 0 Å². The lowest BCUT2D eigenvalue weighted by Crippen LogP contribution is -2.28. The molecule has 0 bridgehead atoms. The predicted molar refractivity (Wildman–Crippen MR) is 161 cm³/mol. The molecule has 0 aliphatic rings. The van der Waals surface area contributed by atoms with Crippen molar-refractivity contribution in [2.75, 3.05) is 17.7 Å². The fraction of sp³-hybridized carbons (Fsp3) is 0.333. The van der Waals surface area contributed by atoms with Crippen LogP contribution in [0.3, 0.4) is 0 Å². The number of hydrogen-bond acceptors (Lipinski definition) is 7. The van der Waals surface area contributed by atoms with E-state index >= 15 is 0 Å². The number of pyridine rings is 1. The quantitative estimate of drug-likeness (QED) is 0.182. The van der Waals surface area contributed by atoms with E-state index in [9.17, 15) is 13.2 Å². The van der Waals surface area contributed by atoms with E-state index < -0.39 is 21.7 Å². The SMILES string of the molecule is COc1cc(Nc2cc(C(C)(C)O[SiH2]C(C)(C)C)cc(Nc3ccc(OC(F)(F)F)cc3)n2)ccc1-n1cnc(C)c1. The molecule has 2 aromatic heterocycles. The Balaban J connectivity index is 1.65. The number of aromatic nitrogens is 3. The number of alkyl halides is 3. The summed E-state index contributed by atoms with van der Waals surface area (Å²) in [5, 5.41) is 6.65. The Hall–Kier alpha value is -4.03. The van der Waals surface area contributed by atoms with E-state index in [4.69, 9.17) is 14.1 Å². The average Bonchev–Trinajstić information content (AvgIpc) is 3.33. The molecule has 2 aromatic carbocycles. The lowest BCUT2D eigenvalue weighted by Gasteiger charge is -2.31. The summed E-state index contributed by atoms with van der Waals surface area (Å²) in [4.78, 5) is 9.03. The highest BCUT2D eigenvalue weighted by molar-refractivity contribution is 6.31. The van der Waals surface area contributed by atoms with Crippen molar-refractivity contribution >= 4 is 32.8 Å². The largest absolute Gasteiger partial charge is 0.573 e. The first kappa shape index (κ1) is 30.9. The Morgan fingerprint density at radius 3 is 2.02 bits per heavy atom. The minimum atomic E-state index is -4.76. The standard InChI is InChI=1S/C30H36F3N5O3Si/c1-19-17-38(18-34-19)24-13-10-22(16-25(24)39-7)36-27-15-20(29(5,6)41-42-28(2,3)4)14-26(37-27)35-21-8-11-23(12-9-21)40-30(31,32)33/h8-18H,42H2,1-7H3,(H2,35,36,37). The van der Waals surface area contributed by atoms with Crippen molar-refractivity contribution in [3.8, 4) is 17.2 Å². The van der Waals surface area contributed by atoms with Crippen LogP contribution in [0.1, 0.15) is 45.9 Å². The molecule has 2 N–H and O–H groups in total. The Morgan fingerprint density at radius 1 is 0.857 bits per heavy atom. The van der Waals surface area contributed by atoms with Gasteiger partial charge in [-0.3, -0.25) is 0 Å². The number of halogens is 3. The second kappa shape index (κ2) is 12.1. The summed E-state index contributed by atoms with van der Waals surface area (Å²) >= 11 is 0. The van der Waals surface area contributed by atoms with Crippen LogP contribution < -0.4 is 20.1 Å². The van der Waals surface area contributed by atoms with Crippen LogP contribution in [-0.2, 0) is 10.0 Å². The van der Waals surface area contributed by atoms with Gasteiger partial charge in [-0.1, -0.05) is 20.8 Å². The molecule has 0 atom stereocenters. The zero-order chi connectivity index (χ0) is 30.7. The lowest BCUT2D eigenvalue weighted by molar-refractivity contribution is -0.274. The van der Waals surface area contributed by atoms with Gasteiger partial charge in [-0.05, 0) is 79.9 Å². The molecule has 12 heteroatoms. The van der Waals surface area contributed by atoms with Crippen molar-refractivity contribution in [3.05, 3.63) is 78.4 Å². The number of nitrogens with one attached hydrogen (secondary N) is 2. The van der Waals surface area contributed by atoms with Crippen LogP contribution in [0.25, 0.3) is 5.69 Å². The number of benzene rings is 2. The molecule has 8 nitrogen and oxygen atoms in total. The van der Waals surface area contributed by atoms with Crippen LogP contribution in [0.4, 0.5) is 36.2 Å². The van der Waals surface area contributed by atoms with E-state index in [0.29, 0.717) is 23.1 Å². The predicted octanol–water partition coefficient (Wildman–Crippen LogP) is 7.52. The van der Waals surface area contributed by atoms with Crippen LogP contribution in [0.2, 0.25) is 5.04 Å². The fourth-order valence-electron chi connectivity index (χ4n) is 4.04. The number of ether oxygens (including phenoxy) is 2. The molecule has 0 saturated carbocycles. The summed E-state index contributed by atoms with van der Waals surface area (Å²) in [7, 11) is 0.724. The highest BCUT2D eigenvalue weighted by Gasteiger charge is 2.31. The molecular weight excluding hydrogens is 563 g/mol. The van der Waals surface area contributed by atoms with E-state index in [1.807, 2.05) is 61.9 Å². The number of methoxy groups -OCH3 is 1. The maximum Gasteiger partial charge on any atom is 0.573 e. The van der Waals surface area contributed by atoms with E-state index in [2.05, 4.69) is 41.1 Å². The molecule has 224 valence electrons. The zero-order valence-electron chi connectivity index (χ0n) is 24.8. The molecule has 0 aliphatic carbocycles. The third-order valence-electron chi connectivity index (χ3n) is 6.19. The first-order valence-corrected chi connectivity index (χ1v) is 14.6. The topological polar surface area (TPSA) is 82.5 Å². The van der Waals surface area contributed by atoms with Gasteiger partial charge in [-0.25, -0.2) is 9.97 Å². The highest BCUT2D eigenvalue weighted by Crippen LogP contribution is 2.34. The Kier molecular flexibility index (Phi) is 8.88. The van der Waals surface area contributed by atoms with Gasteiger partial charge in [0, 0.05) is 23.6 Å². The third-order valence-corrected chi connectivity index (χ3v) is 7.92. The summed E-state index contributed by atoms with van der Waals surface area (Å²) in [5.74, 6) is 1.38. The third kappa shape index (κ3) is 8.49. The van der Waals surface area contributed by atoms with Gasteiger partial charge in [-0.15, -0.1) is 13.2 Å². The first-order chi connectivity index (χ1) is 19.6. The molecule has 0 spiro atoms. The lowest BCUT2D eigenvalue weighted by atomic mass is 9.99. The number of nitrogens with zero attached hydrogens (tertiary/aromatic N) is 3. The maximum absolute atomic E-state index is 12.6. The fourth-order valence-corrected chi connectivity index (χ4v) is 5.00. The highest BCUT2D eigenvalue weighted by atomic mass is 28.2. The Bertz CT molecular complexity index is 1520. The number of anilines is 4. The molecule has 4 rings (SSSR count). The van der Waals surface area contributed by atoms with E-state index in [1.165, 1.54) is 24.3 Å². The van der Waals surface area contributed by atoms with Crippen LogP contribution in [-0.4, -0.2) is 37.8 Å². The minimum absolute atomic E-state index is 0.0960. The van der Waals surface area contributed by atoms with Gasteiger partial charge >= 0.3 is 6.36 Å². The summed E-state index contributed by atoms with van der Waals surface area (Å²) in [6.07, 6.45) is -1.11. The van der Waals surface area contributed by atoms with Gasteiger partial charge in [0.25, 0.3) is 0 Å². The number of aryl methyl sites for hydroxylation is 1. The van der Waals surface area contributed by atoms with E-state index in [0.717, 1.165) is 22.6 Å². The van der Waals surface area contributed by atoms with Crippen molar-refractivity contribution in [1.82, 2.24) is 14.5 Å². The van der Waals surface area contributed by atoms with E-state index in [-0.39, 0.29) is 10.8 Å². The van der Waals surface area contributed by atoms with Gasteiger partial charge in [0.05, 0.1) is 30.4 Å². The molecular formula is C30H36F3N5O3Si. The Morgan fingerprint density at radius 2 is 1.48 bits per heavy atom. The van der Waals surface area contributed by atoms with Gasteiger partial charge in [-0.2, -0.15) is 0 Å². The summed E-state index contributed by atoms with van der Waals surface area (Å²) in [5.41, 5.74) is 3.30. The molecule has 0 aliphatic heterocycles. The molecule has 42 heavy (non-hydrogen) atoms. The van der Waals surface area contributed by atoms with Crippen molar-refractivity contribution in [3.63, 3.8) is 0 Å². The zero-order valence-corrected chi connectivity index (χ0v) is 26.2. The molecule has 0 amide bonds. The van der Waals surface area contributed by atoms with Crippen molar-refractivity contribution in [1.29, 1.82) is 0 Å². The number of imidazole rings is 1. The average molecular weight is 600 g/mol. The van der Waals surface area contributed by atoms with Crippen LogP contribution in [0.15, 0.2) is 67.1 Å². The monoisotopic (exact) mass is 599 g/mol. The molecule has 0 saturated heterocycles. The molecule has 2 heterocycles. The summed E-state index contributed by atoms with van der Waals surface area (Å²) in [6.45, 7) is 12.4. The molecule has 0 radical (unpaired) electrons. The summed E-state index contributed by atoms with van der Waals surface area (Å²) < 4.78 is 55.8. The number of hydrogen-bond donors (Lipinski definition) is 2. The maximum atomic E-state index is 12.6. The molecule has 4 aromatic rings. The van der Waals surface area contributed by atoms with Gasteiger partial charge < -0.3 is 29.1 Å². The normalized spacial score (nSPS) is 12.5. The van der Waals surface area contributed by atoms with Crippen molar-refractivity contribution in [2.45, 2.75) is 58.5 Å². The second-order valence-corrected chi connectivity index (χ2v) is 14.3. The van der Waals surface area contributed by atoms with Gasteiger partial charge in [0.1, 0.15) is 23.1 Å². The smallest absolute Gasteiger partial charge is 0.494 e. The van der Waals surface area contributed by atoms with Crippen molar-refractivity contribution in [2.24, 2.45) is 0 Å². The minimum Gasteiger partial charge on any atom is -0.494 e. The van der Waals surface area contributed by atoms with Crippen LogP contribution in [0.5, 0.6) is 11.5 Å². The first-order valence-electron chi connectivity index (χ1n) is 13.4. The summed E-state index contributed by atoms with van der Waals surface area (Å²) in [6, 6.07) is 15.0. The second-order valence-electron chi connectivity index (χ2n) is 11.6. The molecule has 0 unspecified atom stereocenters. The molecule has 0 fully saturated rings. The number of rotatable bonds is 10. The van der Waals surface area contributed by atoms with Gasteiger partial charge in [0.2, 0.25) is 0 Å².